The smallest absolute Gasteiger partial charge is 0.422 e. The van der Waals surface area contributed by atoms with Crippen molar-refractivity contribution in [2.45, 2.75) is 6.92 Å². The zero-order chi connectivity index (χ0) is 13.4. The van der Waals surface area contributed by atoms with Gasteiger partial charge in [-0.15, -0.1) is 4.83 Å². The van der Waals surface area contributed by atoms with Gasteiger partial charge in [-0.05, 0) is 18.6 Å². The molecule has 0 atom stereocenters. The topological polar surface area (TPSA) is 84.5 Å². The first-order valence-electron chi connectivity index (χ1n) is 5.21. The fraction of sp³-hybridized carbons (Fsp3) is 0.182. The van der Waals surface area contributed by atoms with Gasteiger partial charge in [0.15, 0.2) is 0 Å². The molecule has 1 aromatic carbocycles. The van der Waals surface area contributed by atoms with Crippen LogP contribution in [0.2, 0.25) is 0 Å². The summed E-state index contributed by atoms with van der Waals surface area (Å²) in [6, 6.07) is 8.91. The first-order valence-corrected chi connectivity index (χ1v) is 6.76. The third kappa shape index (κ3) is 5.46. The predicted molar refractivity (Wildman–Crippen MR) is 67.7 cm³/mol. The molecule has 0 aliphatic carbocycles. The van der Waals surface area contributed by atoms with Crippen molar-refractivity contribution in [1.29, 1.82) is 0 Å². The van der Waals surface area contributed by atoms with E-state index >= 15 is 0 Å². The van der Waals surface area contributed by atoms with Crippen molar-refractivity contribution in [3.63, 3.8) is 0 Å². The number of rotatable bonds is 5. The largest absolute Gasteiger partial charge is 0.449 e. The Morgan fingerprint density at radius 2 is 2.00 bits per heavy atom. The zero-order valence-corrected chi connectivity index (χ0v) is 10.6. The first-order chi connectivity index (χ1) is 8.53. The molecule has 0 radical (unpaired) electrons. The number of nitrogens with one attached hydrogen (secondary N) is 2. The fourth-order valence-corrected chi connectivity index (χ4v) is 1.68. The van der Waals surface area contributed by atoms with E-state index in [1.807, 2.05) is 16.3 Å². The van der Waals surface area contributed by atoms with E-state index in [4.69, 9.17) is 0 Å². The van der Waals surface area contributed by atoms with E-state index in [0.29, 0.717) is 0 Å². The van der Waals surface area contributed by atoms with Crippen molar-refractivity contribution in [2.75, 3.05) is 6.61 Å². The molecule has 18 heavy (non-hydrogen) atoms. The molecule has 1 rings (SSSR count). The summed E-state index contributed by atoms with van der Waals surface area (Å²) in [6.45, 7) is 1.77. The van der Waals surface area contributed by atoms with Crippen LogP contribution in [0.1, 0.15) is 12.5 Å². The van der Waals surface area contributed by atoms with Gasteiger partial charge in [-0.3, -0.25) is 0 Å². The summed E-state index contributed by atoms with van der Waals surface area (Å²) < 4.78 is 27.4. The van der Waals surface area contributed by atoms with E-state index in [2.05, 4.69) is 4.74 Å². The highest BCUT2D eigenvalue weighted by molar-refractivity contribution is 7.92. The van der Waals surface area contributed by atoms with Crippen LogP contribution in [0.25, 0.3) is 6.08 Å². The Labute approximate surface area is 106 Å². The Hall–Kier alpha value is -1.86. The molecular weight excluding hydrogens is 256 g/mol. The Morgan fingerprint density at radius 3 is 2.61 bits per heavy atom. The van der Waals surface area contributed by atoms with E-state index in [1.54, 1.807) is 31.2 Å². The number of hydrogen-bond donors (Lipinski definition) is 2. The Kier molecular flexibility index (Phi) is 5.34. The van der Waals surface area contributed by atoms with Crippen LogP contribution in [0.5, 0.6) is 0 Å². The fourth-order valence-electron chi connectivity index (χ4n) is 1.05. The van der Waals surface area contributed by atoms with Crippen molar-refractivity contribution in [3.05, 3.63) is 41.3 Å². The number of hydrazine groups is 1. The number of amides is 1. The van der Waals surface area contributed by atoms with Crippen LogP contribution < -0.4 is 10.3 Å². The number of benzene rings is 1. The normalized spacial score (nSPS) is 11.4. The molecule has 0 aromatic heterocycles. The van der Waals surface area contributed by atoms with Gasteiger partial charge in [0.2, 0.25) is 0 Å². The zero-order valence-electron chi connectivity index (χ0n) is 9.79. The molecule has 0 aliphatic heterocycles. The third-order valence-electron chi connectivity index (χ3n) is 1.81. The highest BCUT2D eigenvalue weighted by Gasteiger charge is 2.07. The molecule has 0 spiro atoms. The van der Waals surface area contributed by atoms with Crippen LogP contribution in [0, 0.1) is 0 Å². The Balaban J connectivity index is 2.55. The molecule has 6 nitrogen and oxygen atoms in total. The number of hydrogen-bond acceptors (Lipinski definition) is 4. The second kappa shape index (κ2) is 6.77. The van der Waals surface area contributed by atoms with Gasteiger partial charge < -0.3 is 4.74 Å². The minimum atomic E-state index is -3.74. The summed E-state index contributed by atoms with van der Waals surface area (Å²) >= 11 is 0. The molecular formula is C11H14N2O4S. The molecule has 0 unspecified atom stereocenters. The molecule has 0 fully saturated rings. The third-order valence-corrected chi connectivity index (χ3v) is 2.69. The predicted octanol–water partition coefficient (Wildman–Crippen LogP) is 1.24. The van der Waals surface area contributed by atoms with Gasteiger partial charge in [-0.1, -0.05) is 30.3 Å². The van der Waals surface area contributed by atoms with Gasteiger partial charge in [0.05, 0.1) is 6.61 Å². The Morgan fingerprint density at radius 1 is 1.33 bits per heavy atom. The standard InChI is InChI=1S/C11H14N2O4S/c1-2-17-11(14)12-13-18(15,16)9-8-10-6-4-3-5-7-10/h3-9,13H,2H2,1H3,(H,12,14)/b9-8+. The lowest BCUT2D eigenvalue weighted by molar-refractivity contribution is 0.150. The summed E-state index contributed by atoms with van der Waals surface area (Å²) in [6.07, 6.45) is 0.559. The van der Waals surface area contributed by atoms with E-state index in [0.717, 1.165) is 11.0 Å². The van der Waals surface area contributed by atoms with Gasteiger partial charge in [0, 0.05) is 5.41 Å². The number of carbonyl (C=O) groups excluding carboxylic acids is 1. The molecule has 98 valence electrons. The van der Waals surface area contributed by atoms with Crippen molar-refractivity contribution in [2.24, 2.45) is 0 Å². The van der Waals surface area contributed by atoms with Crippen LogP contribution in [-0.2, 0) is 14.8 Å². The Bertz CT molecular complexity index is 511. The molecule has 0 saturated carbocycles. The second-order valence-corrected chi connectivity index (χ2v) is 4.77. The van der Waals surface area contributed by atoms with Crippen LogP contribution in [-0.4, -0.2) is 21.1 Å². The van der Waals surface area contributed by atoms with Gasteiger partial charge in [-0.2, -0.15) is 0 Å². The first kappa shape index (κ1) is 14.2. The maximum atomic E-state index is 11.4. The van der Waals surface area contributed by atoms with E-state index < -0.39 is 16.1 Å². The second-order valence-electron chi connectivity index (χ2n) is 3.21. The monoisotopic (exact) mass is 270 g/mol. The van der Waals surface area contributed by atoms with Gasteiger partial charge >= 0.3 is 6.09 Å². The van der Waals surface area contributed by atoms with Crippen molar-refractivity contribution >= 4 is 22.2 Å². The van der Waals surface area contributed by atoms with Gasteiger partial charge in [0.1, 0.15) is 0 Å². The van der Waals surface area contributed by atoms with Gasteiger partial charge in [0.25, 0.3) is 10.0 Å². The van der Waals surface area contributed by atoms with Crippen LogP contribution >= 0.6 is 0 Å². The number of sulfonamides is 1. The maximum Gasteiger partial charge on any atom is 0.422 e. The number of carbonyl (C=O) groups is 1. The van der Waals surface area contributed by atoms with Crippen molar-refractivity contribution in [1.82, 2.24) is 10.3 Å². The molecule has 1 amide bonds. The van der Waals surface area contributed by atoms with Crippen LogP contribution in [0.15, 0.2) is 35.7 Å². The lowest BCUT2D eigenvalue weighted by Crippen LogP contribution is -2.40. The quantitative estimate of drug-likeness (QED) is 0.788. The summed E-state index contributed by atoms with van der Waals surface area (Å²) in [5, 5.41) is 0.953. The molecule has 0 bridgehead atoms. The summed E-state index contributed by atoms with van der Waals surface area (Å²) in [5.74, 6) is 0. The minimum absolute atomic E-state index is 0.160. The average Bonchev–Trinajstić information content (AvgIpc) is 2.36. The lowest BCUT2D eigenvalue weighted by Gasteiger charge is -2.04. The summed E-state index contributed by atoms with van der Waals surface area (Å²) in [5.41, 5.74) is 2.64. The molecule has 0 aliphatic rings. The molecule has 0 saturated heterocycles. The van der Waals surface area contributed by atoms with Crippen molar-refractivity contribution in [3.8, 4) is 0 Å². The van der Waals surface area contributed by atoms with Gasteiger partial charge in [-0.25, -0.2) is 18.6 Å². The maximum absolute atomic E-state index is 11.4. The molecule has 1 aromatic rings. The minimum Gasteiger partial charge on any atom is -0.449 e. The highest BCUT2D eigenvalue weighted by Crippen LogP contribution is 2.02. The van der Waals surface area contributed by atoms with Crippen LogP contribution in [0.4, 0.5) is 4.79 Å². The molecule has 0 heterocycles. The lowest BCUT2D eigenvalue weighted by atomic mass is 10.2. The van der Waals surface area contributed by atoms with E-state index in [1.165, 1.54) is 6.08 Å². The van der Waals surface area contributed by atoms with Crippen LogP contribution in [0.3, 0.4) is 0 Å². The summed E-state index contributed by atoms with van der Waals surface area (Å²) in [7, 11) is -3.74. The van der Waals surface area contributed by atoms with E-state index in [-0.39, 0.29) is 6.61 Å². The number of ether oxygens (including phenoxy) is 1. The highest BCUT2D eigenvalue weighted by atomic mass is 32.2. The molecule has 2 N–H and O–H groups in total. The SMILES string of the molecule is CCOC(=O)NNS(=O)(=O)/C=C/c1ccccc1. The average molecular weight is 270 g/mol. The van der Waals surface area contributed by atoms with E-state index in [9.17, 15) is 13.2 Å². The molecule has 7 heteroatoms. The summed E-state index contributed by atoms with van der Waals surface area (Å²) in [4.78, 5) is 12.8. The van der Waals surface area contributed by atoms with Crippen molar-refractivity contribution < 1.29 is 17.9 Å².